The molecule has 2 heterocycles. The van der Waals surface area contributed by atoms with Gasteiger partial charge in [-0.25, -0.2) is 13.4 Å². The summed E-state index contributed by atoms with van der Waals surface area (Å²) in [6.45, 7) is 13.8. The molecule has 1 aliphatic heterocycles. The van der Waals surface area contributed by atoms with Crippen molar-refractivity contribution < 1.29 is 27.5 Å². The Kier molecular flexibility index (Phi) is 10.3. The van der Waals surface area contributed by atoms with E-state index in [1.165, 1.54) is 11.3 Å². The first-order valence-corrected chi connectivity index (χ1v) is 17.9. The fraction of sp³-hybridized carbons (Fsp3) is 0.562. The zero-order chi connectivity index (χ0) is 33.2. The molecule has 1 saturated carbocycles. The van der Waals surface area contributed by atoms with Crippen LogP contribution >= 0.6 is 11.3 Å². The molecule has 3 amide bonds. The van der Waals surface area contributed by atoms with Gasteiger partial charge in [0.15, 0.2) is 5.13 Å². The Morgan fingerprint density at radius 2 is 1.91 bits per heavy atom. The Hall–Kier alpha value is -3.45. The summed E-state index contributed by atoms with van der Waals surface area (Å²) >= 11 is 1.50. The van der Waals surface area contributed by atoms with Crippen molar-refractivity contribution >= 4 is 44.2 Å². The molecule has 2 aliphatic rings. The van der Waals surface area contributed by atoms with Crippen molar-refractivity contribution in [2.24, 2.45) is 11.3 Å². The number of benzene rings is 1. The maximum absolute atomic E-state index is 14.2. The van der Waals surface area contributed by atoms with Crippen molar-refractivity contribution in [2.75, 3.05) is 24.7 Å². The predicted molar refractivity (Wildman–Crippen MR) is 176 cm³/mol. The van der Waals surface area contributed by atoms with Crippen LogP contribution in [0.3, 0.4) is 0 Å². The van der Waals surface area contributed by atoms with Gasteiger partial charge in [0.1, 0.15) is 23.4 Å². The number of carbonyl (C=O) groups is 3. The van der Waals surface area contributed by atoms with Crippen molar-refractivity contribution in [1.82, 2.24) is 19.9 Å². The third-order valence-electron chi connectivity index (χ3n) is 8.37. The molecule has 1 aliphatic carbocycles. The standard InChI is InChI=1S/C32H45N5O6S2/c1-8-18-45(41,42)36-29(40)32(19-21(32)9-2)35-27(38)23-12-11-17-37(23)28(39)26(31(4,5)6)34-30-33-25(24(10-3)44-30)20-13-15-22(43-7)16-14-20/h9,13-16,21,23,26H,2,8,10-12,17-19H2,1,3-7H3,(H,33,34)(H,35,38)(H,36,40)/t21-,23+,26-,32-/m1/s1. The number of nitrogens with zero attached hydrogens (tertiary/aromatic N) is 2. The predicted octanol–water partition coefficient (Wildman–Crippen LogP) is 4.12. The van der Waals surface area contributed by atoms with Gasteiger partial charge in [0.05, 0.1) is 18.6 Å². The molecule has 11 nitrogen and oxygen atoms in total. The number of aryl methyl sites for hydroxylation is 1. The number of sulfonamides is 1. The van der Waals surface area contributed by atoms with Crippen molar-refractivity contribution in [1.29, 1.82) is 0 Å². The van der Waals surface area contributed by atoms with Gasteiger partial charge in [-0.15, -0.1) is 17.9 Å². The quantitative estimate of drug-likeness (QED) is 0.272. The fourth-order valence-electron chi connectivity index (χ4n) is 5.76. The minimum atomic E-state index is -3.84. The van der Waals surface area contributed by atoms with Crippen LogP contribution in [-0.2, 0) is 30.8 Å². The van der Waals surface area contributed by atoms with Crippen molar-refractivity contribution in [3.63, 3.8) is 0 Å². The summed E-state index contributed by atoms with van der Waals surface area (Å²) in [4.78, 5) is 48.5. The summed E-state index contributed by atoms with van der Waals surface area (Å²) < 4.78 is 32.0. The topological polar surface area (TPSA) is 147 Å². The minimum absolute atomic E-state index is 0.200. The van der Waals surface area contributed by atoms with Gasteiger partial charge >= 0.3 is 0 Å². The van der Waals surface area contributed by atoms with E-state index in [2.05, 4.69) is 28.9 Å². The van der Waals surface area contributed by atoms with Crippen LogP contribution in [0.15, 0.2) is 36.9 Å². The highest BCUT2D eigenvalue weighted by Gasteiger charge is 2.61. The smallest absolute Gasteiger partial charge is 0.259 e. The van der Waals surface area contributed by atoms with Crippen LogP contribution in [0.2, 0.25) is 0 Å². The summed E-state index contributed by atoms with van der Waals surface area (Å²) in [5.41, 5.74) is -0.145. The normalized spacial score (nSPS) is 22.0. The van der Waals surface area contributed by atoms with Crippen LogP contribution < -0.4 is 20.1 Å². The molecule has 45 heavy (non-hydrogen) atoms. The molecule has 1 aromatic carbocycles. The van der Waals surface area contributed by atoms with E-state index in [1.54, 1.807) is 25.0 Å². The SMILES string of the molecule is C=C[C@@H]1C[C@]1(NC(=O)[C@@H]1CCCN1C(=O)[C@@H](Nc1nc(-c2ccc(OC)cc2)c(CC)s1)C(C)(C)C)C(=O)NS(=O)(=O)CCC. The molecule has 246 valence electrons. The lowest BCUT2D eigenvalue weighted by Crippen LogP contribution is -2.58. The van der Waals surface area contributed by atoms with Crippen molar-refractivity contribution in [3.8, 4) is 17.0 Å². The Bertz CT molecular complexity index is 1530. The van der Waals surface area contributed by atoms with E-state index in [1.807, 2.05) is 45.0 Å². The number of ether oxygens (including phenoxy) is 1. The third kappa shape index (κ3) is 7.51. The van der Waals surface area contributed by atoms with Gasteiger partial charge < -0.3 is 20.3 Å². The highest BCUT2D eigenvalue weighted by Crippen LogP contribution is 2.45. The highest BCUT2D eigenvalue weighted by atomic mass is 32.2. The molecule has 2 fully saturated rings. The summed E-state index contributed by atoms with van der Waals surface area (Å²) in [7, 11) is -2.21. The average Bonchev–Trinajstić information content (AvgIpc) is 3.30. The molecule has 0 radical (unpaired) electrons. The number of likely N-dealkylation sites (tertiary alicyclic amines) is 1. The number of hydrogen-bond donors (Lipinski definition) is 3. The number of methoxy groups -OCH3 is 1. The number of amides is 3. The second kappa shape index (κ2) is 13.5. The van der Waals surface area contributed by atoms with Gasteiger partial charge in [-0.2, -0.15) is 0 Å². The molecule has 4 rings (SSSR count). The van der Waals surface area contributed by atoms with Crippen molar-refractivity contribution in [3.05, 3.63) is 41.8 Å². The number of hydrogen-bond acceptors (Lipinski definition) is 9. The number of carbonyl (C=O) groups excluding carboxylic acids is 3. The maximum Gasteiger partial charge on any atom is 0.259 e. The van der Waals surface area contributed by atoms with E-state index in [9.17, 15) is 22.8 Å². The molecule has 2 aromatic rings. The minimum Gasteiger partial charge on any atom is -0.497 e. The van der Waals surface area contributed by atoms with E-state index in [0.29, 0.717) is 30.9 Å². The van der Waals surface area contributed by atoms with Gasteiger partial charge in [-0.05, 0) is 61.8 Å². The fourth-order valence-corrected chi connectivity index (χ4v) is 7.81. The molecule has 0 spiro atoms. The Morgan fingerprint density at radius 3 is 2.47 bits per heavy atom. The van der Waals surface area contributed by atoms with E-state index >= 15 is 0 Å². The average molecular weight is 660 g/mol. The Labute approximate surface area is 270 Å². The molecular formula is C32H45N5O6S2. The maximum atomic E-state index is 14.2. The highest BCUT2D eigenvalue weighted by molar-refractivity contribution is 7.90. The summed E-state index contributed by atoms with van der Waals surface area (Å²) in [5, 5.41) is 6.82. The molecule has 1 aromatic heterocycles. The van der Waals surface area contributed by atoms with Gasteiger partial charge in [-0.1, -0.05) is 40.7 Å². The molecule has 0 unspecified atom stereocenters. The largest absolute Gasteiger partial charge is 0.497 e. The number of anilines is 1. The molecule has 0 bridgehead atoms. The molecule has 13 heteroatoms. The van der Waals surface area contributed by atoms with Crippen LogP contribution in [0.5, 0.6) is 5.75 Å². The van der Waals surface area contributed by atoms with Crippen LogP contribution in [0.4, 0.5) is 5.13 Å². The van der Waals surface area contributed by atoms with Crippen LogP contribution in [0.1, 0.15) is 65.2 Å². The summed E-state index contributed by atoms with van der Waals surface area (Å²) in [6.07, 6.45) is 3.94. The van der Waals surface area contributed by atoms with Gasteiger partial charge in [-0.3, -0.25) is 19.1 Å². The lowest BCUT2D eigenvalue weighted by molar-refractivity contribution is -0.141. The first-order chi connectivity index (χ1) is 21.2. The van der Waals surface area contributed by atoms with Crippen molar-refractivity contribution in [2.45, 2.75) is 84.3 Å². The second-order valence-corrected chi connectivity index (χ2v) is 15.7. The van der Waals surface area contributed by atoms with Crippen LogP contribution in [0.25, 0.3) is 11.3 Å². The molecular weight excluding hydrogens is 615 g/mol. The first-order valence-electron chi connectivity index (χ1n) is 15.4. The first kappa shape index (κ1) is 34.4. The lowest BCUT2D eigenvalue weighted by Gasteiger charge is -2.35. The van der Waals surface area contributed by atoms with Gasteiger partial charge in [0.2, 0.25) is 21.8 Å². The lowest BCUT2D eigenvalue weighted by atomic mass is 9.85. The molecule has 1 saturated heterocycles. The zero-order valence-corrected chi connectivity index (χ0v) is 28.6. The third-order valence-corrected chi connectivity index (χ3v) is 10.9. The summed E-state index contributed by atoms with van der Waals surface area (Å²) in [5.74, 6) is -1.35. The Morgan fingerprint density at radius 1 is 1.22 bits per heavy atom. The second-order valence-electron chi connectivity index (χ2n) is 12.8. The number of rotatable bonds is 13. The molecule has 4 atom stereocenters. The van der Waals surface area contributed by atoms with Gasteiger partial charge in [0, 0.05) is 22.9 Å². The summed E-state index contributed by atoms with van der Waals surface area (Å²) in [6, 6.07) is 6.20. The Balaban J connectivity index is 1.54. The zero-order valence-electron chi connectivity index (χ0n) is 26.9. The monoisotopic (exact) mass is 659 g/mol. The number of nitrogens with one attached hydrogen (secondary N) is 3. The van der Waals surface area contributed by atoms with Crippen LogP contribution in [-0.4, -0.2) is 73.1 Å². The van der Waals surface area contributed by atoms with Crippen LogP contribution in [0, 0.1) is 11.3 Å². The molecule has 3 N–H and O–H groups in total. The number of aromatic nitrogens is 1. The van der Waals surface area contributed by atoms with E-state index in [-0.39, 0.29) is 18.1 Å². The number of thiazole rings is 1. The van der Waals surface area contributed by atoms with E-state index < -0.39 is 50.8 Å². The van der Waals surface area contributed by atoms with E-state index in [0.717, 1.165) is 28.3 Å². The van der Waals surface area contributed by atoms with E-state index in [4.69, 9.17) is 9.72 Å². The van der Waals surface area contributed by atoms with Gasteiger partial charge in [0.25, 0.3) is 5.91 Å².